The summed E-state index contributed by atoms with van der Waals surface area (Å²) in [6.07, 6.45) is -0.332. The first-order valence-electron chi connectivity index (χ1n) is 4.72. The first-order valence-corrected chi connectivity index (χ1v) is 6.65. The van der Waals surface area contributed by atoms with E-state index in [9.17, 15) is 21.6 Å². The number of hydrogen-bond acceptors (Lipinski definition) is 8. The average molecular weight is 306 g/mol. The smallest absolute Gasteiger partial charge is 0.368 e. The highest BCUT2D eigenvalue weighted by atomic mass is 32.2. The first kappa shape index (κ1) is 13.5. The second kappa shape index (κ2) is 4.06. The highest BCUT2D eigenvalue weighted by Gasteiger charge is 2.52. The van der Waals surface area contributed by atoms with Crippen LogP contribution in [0.15, 0.2) is 5.10 Å². The van der Waals surface area contributed by atoms with E-state index in [-0.39, 0.29) is 5.96 Å². The lowest BCUT2D eigenvalue weighted by molar-refractivity contribution is -0.126. The van der Waals surface area contributed by atoms with Crippen LogP contribution in [0.1, 0.15) is 6.42 Å². The molecule has 0 spiro atoms. The van der Waals surface area contributed by atoms with Crippen LogP contribution in [0.5, 0.6) is 0 Å². The Bertz CT molecular complexity index is 479. The quantitative estimate of drug-likeness (QED) is 0.535. The predicted octanol–water partition coefficient (Wildman–Crippen LogP) is -0.357. The molecule has 1 saturated heterocycles. The van der Waals surface area contributed by atoms with Crippen molar-refractivity contribution in [2.75, 3.05) is 6.54 Å². The maximum Gasteiger partial charge on any atom is 0.525 e. The third-order valence-corrected chi connectivity index (χ3v) is 3.95. The molecule has 2 rings (SSSR count). The highest BCUT2D eigenvalue weighted by molar-refractivity contribution is 7.87. The zero-order valence-corrected chi connectivity index (χ0v) is 10.4. The van der Waals surface area contributed by atoms with Gasteiger partial charge in [-0.3, -0.25) is 0 Å². The monoisotopic (exact) mass is 306 g/mol. The molecule has 2 heterocycles. The second-order valence-electron chi connectivity index (χ2n) is 3.70. The Kier molecular flexibility index (Phi) is 3.06. The molecular formula is C6H9F3N4O3S2. The molecule has 2 aliphatic rings. The maximum atomic E-state index is 12.2. The van der Waals surface area contributed by atoms with Gasteiger partial charge in [0.15, 0.2) is 6.17 Å². The third kappa shape index (κ3) is 2.07. The van der Waals surface area contributed by atoms with Gasteiger partial charge in [-0.25, -0.2) is 0 Å². The van der Waals surface area contributed by atoms with E-state index in [1.54, 1.807) is 0 Å². The summed E-state index contributed by atoms with van der Waals surface area (Å²) in [5.41, 5.74) is -0.0738. The second-order valence-corrected chi connectivity index (χ2v) is 5.88. The van der Waals surface area contributed by atoms with E-state index < -0.39 is 27.0 Å². The van der Waals surface area contributed by atoms with Crippen LogP contribution in [-0.4, -0.2) is 47.9 Å². The molecule has 0 aliphatic carbocycles. The molecule has 12 heteroatoms. The lowest BCUT2D eigenvalue weighted by atomic mass is 10.3. The van der Waals surface area contributed by atoms with Crippen LogP contribution < -0.4 is 5.73 Å². The lowest BCUT2D eigenvalue weighted by Gasteiger charge is -2.25. The molecule has 0 aromatic carbocycles. The van der Waals surface area contributed by atoms with E-state index in [1.165, 1.54) is 4.90 Å². The highest BCUT2D eigenvalue weighted by Crippen LogP contribution is 2.33. The van der Waals surface area contributed by atoms with Crippen molar-refractivity contribution in [2.45, 2.75) is 23.3 Å². The van der Waals surface area contributed by atoms with Gasteiger partial charge in [0.1, 0.15) is 0 Å². The van der Waals surface area contributed by atoms with Crippen molar-refractivity contribution in [2.24, 2.45) is 10.8 Å². The predicted molar refractivity (Wildman–Crippen MR) is 57.4 cm³/mol. The summed E-state index contributed by atoms with van der Waals surface area (Å²) in [7, 11) is -5.76. The van der Waals surface area contributed by atoms with E-state index in [2.05, 4.69) is 22.0 Å². The topological polar surface area (TPSA) is 88.2 Å². The Balaban J connectivity index is 2.21. The molecule has 2 unspecified atom stereocenters. The summed E-state index contributed by atoms with van der Waals surface area (Å²) in [6.45, 7) is 0.417. The van der Waals surface area contributed by atoms with Crippen molar-refractivity contribution in [1.29, 1.82) is 0 Å². The minimum absolute atomic E-state index is 0.103. The molecule has 0 amide bonds. The van der Waals surface area contributed by atoms with Gasteiger partial charge in [0.25, 0.3) is 0 Å². The number of alkyl halides is 3. The molecule has 0 saturated carbocycles. The summed E-state index contributed by atoms with van der Waals surface area (Å²) in [5, 5.41) is 3.34. The largest absolute Gasteiger partial charge is 0.525 e. The van der Waals surface area contributed by atoms with Crippen LogP contribution in [0.2, 0.25) is 0 Å². The van der Waals surface area contributed by atoms with Gasteiger partial charge in [0.2, 0.25) is 5.96 Å². The Hall–Kier alpha value is -0.880. The molecule has 104 valence electrons. The van der Waals surface area contributed by atoms with Gasteiger partial charge in [0, 0.05) is 11.8 Å². The number of guanidine groups is 1. The third-order valence-electron chi connectivity index (χ3n) is 2.51. The van der Waals surface area contributed by atoms with E-state index in [0.717, 1.165) is 0 Å². The number of hydrogen-bond donors (Lipinski definition) is 2. The fourth-order valence-electron chi connectivity index (χ4n) is 1.70. The molecular weight excluding hydrogens is 297 g/mol. The van der Waals surface area contributed by atoms with Crippen LogP contribution in [0.3, 0.4) is 0 Å². The fraction of sp³-hybridized carbons (Fsp3) is 0.833. The standard InChI is InChI=1S/C6H9F3N4O3S2/c7-6(8,9)18(14,15)16-13-4-3(17)1-2-12(4)5(10)11-13/h3-4,17H,1-2H2,(H2,10,11). The van der Waals surface area contributed by atoms with Crippen molar-refractivity contribution >= 4 is 28.7 Å². The molecule has 18 heavy (non-hydrogen) atoms. The van der Waals surface area contributed by atoms with Crippen molar-refractivity contribution in [3.63, 3.8) is 0 Å². The number of nitrogens with zero attached hydrogens (tertiary/aromatic N) is 3. The molecule has 0 radical (unpaired) electrons. The maximum absolute atomic E-state index is 12.2. The Labute approximate surface area is 106 Å². The van der Waals surface area contributed by atoms with Crippen LogP contribution in [0, 0.1) is 0 Å². The van der Waals surface area contributed by atoms with Crippen molar-refractivity contribution in [3.05, 3.63) is 0 Å². The zero-order valence-electron chi connectivity index (χ0n) is 8.70. The molecule has 2 atom stereocenters. The Morgan fingerprint density at radius 2 is 2.11 bits per heavy atom. The average Bonchev–Trinajstić information content (AvgIpc) is 2.69. The van der Waals surface area contributed by atoms with Gasteiger partial charge in [-0.1, -0.05) is 0 Å². The van der Waals surface area contributed by atoms with Gasteiger partial charge >= 0.3 is 15.6 Å². The molecule has 7 nitrogen and oxygen atoms in total. The minimum Gasteiger partial charge on any atom is -0.368 e. The van der Waals surface area contributed by atoms with E-state index in [1.807, 2.05) is 0 Å². The first-order chi connectivity index (χ1) is 8.13. The normalized spacial score (nSPS) is 28.6. The number of nitrogens with two attached hydrogens (primary N) is 1. The van der Waals surface area contributed by atoms with Crippen molar-refractivity contribution in [1.82, 2.24) is 10.1 Å². The number of fused-ring (bicyclic) bond motifs is 1. The zero-order chi connectivity index (χ0) is 13.7. The molecule has 2 N–H and O–H groups in total. The summed E-state index contributed by atoms with van der Waals surface area (Å²) in [6, 6.07) is 0. The van der Waals surface area contributed by atoms with Crippen LogP contribution in [-0.2, 0) is 14.4 Å². The number of hydroxylamine groups is 1. The van der Waals surface area contributed by atoms with E-state index in [0.29, 0.717) is 18.1 Å². The lowest BCUT2D eigenvalue weighted by Crippen LogP contribution is -2.45. The molecule has 0 aromatic heterocycles. The molecule has 0 bridgehead atoms. The minimum atomic E-state index is -5.76. The SMILES string of the molecule is NC1=NN(OS(=O)(=O)C(F)(F)F)C2C(S)CCN12. The molecule has 0 aromatic rings. The summed E-state index contributed by atoms with van der Waals surface area (Å²) in [4.78, 5) is 1.42. The summed E-state index contributed by atoms with van der Waals surface area (Å²) in [5.74, 6) is -0.103. The van der Waals surface area contributed by atoms with Crippen LogP contribution in [0.4, 0.5) is 13.2 Å². The number of rotatable bonds is 2. The van der Waals surface area contributed by atoms with Gasteiger partial charge < -0.3 is 10.6 Å². The van der Waals surface area contributed by atoms with E-state index >= 15 is 0 Å². The van der Waals surface area contributed by atoms with Crippen LogP contribution >= 0.6 is 12.6 Å². The van der Waals surface area contributed by atoms with Crippen LogP contribution in [0.25, 0.3) is 0 Å². The number of hydrazone groups is 1. The summed E-state index contributed by atoms with van der Waals surface area (Å²) < 4.78 is 62.2. The van der Waals surface area contributed by atoms with Gasteiger partial charge in [-0.2, -0.15) is 34.2 Å². The van der Waals surface area contributed by atoms with Crippen molar-refractivity contribution in [3.8, 4) is 0 Å². The van der Waals surface area contributed by atoms with Gasteiger partial charge in [-0.15, -0.1) is 14.6 Å². The van der Waals surface area contributed by atoms with Gasteiger partial charge in [0.05, 0.1) is 0 Å². The molecule has 2 aliphatic heterocycles. The Morgan fingerprint density at radius 1 is 1.50 bits per heavy atom. The van der Waals surface area contributed by atoms with Gasteiger partial charge in [-0.05, 0) is 6.42 Å². The number of halogens is 3. The number of thiol groups is 1. The Morgan fingerprint density at radius 3 is 2.67 bits per heavy atom. The van der Waals surface area contributed by atoms with Crippen molar-refractivity contribution < 1.29 is 25.9 Å². The van der Waals surface area contributed by atoms with E-state index in [4.69, 9.17) is 5.73 Å². The summed E-state index contributed by atoms with van der Waals surface area (Å²) >= 11 is 4.12. The fourth-order valence-corrected chi connectivity index (χ4v) is 2.50. The molecule has 1 fully saturated rings.